The Bertz CT molecular complexity index is 1000. The molecule has 138 valence electrons. The van der Waals surface area contributed by atoms with Crippen LogP contribution in [0.25, 0.3) is 0 Å². The van der Waals surface area contributed by atoms with Gasteiger partial charge >= 0.3 is 0 Å². The molecule has 0 spiro atoms. The predicted octanol–water partition coefficient (Wildman–Crippen LogP) is 5.29. The highest BCUT2D eigenvalue weighted by Crippen LogP contribution is 2.52. The van der Waals surface area contributed by atoms with Crippen molar-refractivity contribution in [2.45, 2.75) is 25.3 Å². The van der Waals surface area contributed by atoms with Gasteiger partial charge in [-0.3, -0.25) is 20.2 Å². The number of non-ortho nitro benzene ring substituents is 2. The smallest absolute Gasteiger partial charge is 0.270 e. The number of nitrogens with zero attached hydrogens (tertiary/aromatic N) is 2. The van der Waals surface area contributed by atoms with Crippen LogP contribution in [-0.4, -0.2) is 9.85 Å². The average Bonchev–Trinajstić information content (AvgIpc) is 3.11. The van der Waals surface area contributed by atoms with Crippen molar-refractivity contribution in [3.63, 3.8) is 0 Å². The van der Waals surface area contributed by atoms with E-state index in [0.717, 1.165) is 23.2 Å². The molecule has 27 heavy (non-hydrogen) atoms. The molecule has 1 aliphatic heterocycles. The van der Waals surface area contributed by atoms with Crippen LogP contribution in [0.15, 0.2) is 42.5 Å². The molecule has 0 saturated carbocycles. The minimum atomic E-state index is -0.435. The van der Waals surface area contributed by atoms with E-state index in [2.05, 4.69) is 17.5 Å². The standard InChI is InChI=1S/C19H16ClN3O4/c1-10-7-12(23(26)27)9-15-13-3-2-4-14(13)19(21-18(10)15)16-8-11(22(24)25)5-6-17(16)20/h2-3,5-9,13-14,19,21H,4H2,1H3/t13-,14-,19-/m0/s1. The van der Waals surface area contributed by atoms with Crippen molar-refractivity contribution in [2.75, 3.05) is 5.32 Å². The minimum absolute atomic E-state index is 0.000166. The van der Waals surface area contributed by atoms with Gasteiger partial charge < -0.3 is 5.32 Å². The minimum Gasteiger partial charge on any atom is -0.377 e. The molecule has 3 atom stereocenters. The van der Waals surface area contributed by atoms with Crippen molar-refractivity contribution in [1.82, 2.24) is 0 Å². The number of hydrogen-bond acceptors (Lipinski definition) is 5. The third-order valence-corrected chi connectivity index (χ3v) is 5.73. The molecule has 0 aromatic heterocycles. The van der Waals surface area contributed by atoms with Gasteiger partial charge in [-0.05, 0) is 36.5 Å². The maximum atomic E-state index is 11.2. The number of rotatable bonds is 3. The molecule has 0 radical (unpaired) electrons. The van der Waals surface area contributed by atoms with Gasteiger partial charge in [-0.15, -0.1) is 0 Å². The first-order chi connectivity index (χ1) is 12.9. The molecule has 2 aromatic carbocycles. The third-order valence-electron chi connectivity index (χ3n) is 5.39. The average molecular weight is 386 g/mol. The molecule has 2 aliphatic rings. The lowest BCUT2D eigenvalue weighted by atomic mass is 9.76. The zero-order valence-corrected chi connectivity index (χ0v) is 15.1. The summed E-state index contributed by atoms with van der Waals surface area (Å²) in [6.45, 7) is 1.82. The van der Waals surface area contributed by atoms with Crippen LogP contribution in [-0.2, 0) is 0 Å². The fraction of sp³-hybridized carbons (Fsp3) is 0.263. The van der Waals surface area contributed by atoms with Crippen LogP contribution in [0.3, 0.4) is 0 Å². The van der Waals surface area contributed by atoms with Gasteiger partial charge in [0, 0.05) is 46.5 Å². The van der Waals surface area contributed by atoms with Gasteiger partial charge in [0.1, 0.15) is 0 Å². The highest BCUT2D eigenvalue weighted by Gasteiger charge is 2.40. The van der Waals surface area contributed by atoms with Gasteiger partial charge in [-0.2, -0.15) is 0 Å². The van der Waals surface area contributed by atoms with Crippen molar-refractivity contribution < 1.29 is 9.85 Å². The lowest BCUT2D eigenvalue weighted by Crippen LogP contribution is -2.30. The van der Waals surface area contributed by atoms with Gasteiger partial charge in [-0.1, -0.05) is 23.8 Å². The number of benzene rings is 2. The highest BCUT2D eigenvalue weighted by atomic mass is 35.5. The predicted molar refractivity (Wildman–Crippen MR) is 102 cm³/mol. The second-order valence-electron chi connectivity index (χ2n) is 6.92. The molecule has 1 N–H and O–H groups in total. The molecule has 0 amide bonds. The van der Waals surface area contributed by atoms with Crippen LogP contribution in [0.5, 0.6) is 0 Å². The van der Waals surface area contributed by atoms with Crippen molar-refractivity contribution in [3.8, 4) is 0 Å². The maximum absolute atomic E-state index is 11.2. The second-order valence-corrected chi connectivity index (χ2v) is 7.33. The zero-order chi connectivity index (χ0) is 19.3. The van der Waals surface area contributed by atoms with E-state index < -0.39 is 4.92 Å². The monoisotopic (exact) mass is 385 g/mol. The van der Waals surface area contributed by atoms with Crippen LogP contribution in [0.2, 0.25) is 5.02 Å². The molecule has 7 nitrogen and oxygen atoms in total. The highest BCUT2D eigenvalue weighted by molar-refractivity contribution is 6.31. The molecule has 8 heteroatoms. The number of nitro benzene ring substituents is 2. The summed E-state index contributed by atoms with van der Waals surface area (Å²) in [4.78, 5) is 21.6. The maximum Gasteiger partial charge on any atom is 0.270 e. The topological polar surface area (TPSA) is 98.3 Å². The number of halogens is 1. The van der Waals surface area contributed by atoms with Gasteiger partial charge in [-0.25, -0.2) is 0 Å². The molecule has 1 heterocycles. The summed E-state index contributed by atoms with van der Waals surface area (Å²) in [5.41, 5.74) is 3.22. The summed E-state index contributed by atoms with van der Waals surface area (Å²) in [5.74, 6) is 0.0820. The Kier molecular flexibility index (Phi) is 4.11. The Morgan fingerprint density at radius 3 is 2.48 bits per heavy atom. The summed E-state index contributed by atoms with van der Waals surface area (Å²) < 4.78 is 0. The number of hydrogen-bond donors (Lipinski definition) is 1. The summed E-state index contributed by atoms with van der Waals surface area (Å²) in [5, 5.41) is 26.4. The Hall–Kier alpha value is -2.93. The summed E-state index contributed by atoms with van der Waals surface area (Å²) in [7, 11) is 0. The molecule has 1 aliphatic carbocycles. The fourth-order valence-corrected chi connectivity index (χ4v) is 4.40. The lowest BCUT2D eigenvalue weighted by Gasteiger charge is -2.38. The van der Waals surface area contributed by atoms with E-state index >= 15 is 0 Å². The number of aryl methyl sites for hydroxylation is 1. The Morgan fingerprint density at radius 2 is 1.78 bits per heavy atom. The van der Waals surface area contributed by atoms with Crippen molar-refractivity contribution in [1.29, 1.82) is 0 Å². The van der Waals surface area contributed by atoms with Crippen molar-refractivity contribution in [3.05, 3.63) is 84.4 Å². The molecule has 2 aromatic rings. The first-order valence-corrected chi connectivity index (χ1v) is 8.90. The van der Waals surface area contributed by atoms with E-state index in [1.165, 1.54) is 18.2 Å². The van der Waals surface area contributed by atoms with E-state index in [1.807, 2.05) is 6.92 Å². The quantitative estimate of drug-likeness (QED) is 0.439. The van der Waals surface area contributed by atoms with E-state index in [9.17, 15) is 20.2 Å². The molecule has 0 bridgehead atoms. The van der Waals surface area contributed by atoms with Gasteiger partial charge in [0.25, 0.3) is 11.4 Å². The molecular formula is C19H16ClN3O4. The summed E-state index contributed by atoms with van der Waals surface area (Å²) in [6.07, 6.45) is 4.88. The van der Waals surface area contributed by atoms with Gasteiger partial charge in [0.05, 0.1) is 15.9 Å². The van der Waals surface area contributed by atoms with Crippen molar-refractivity contribution >= 4 is 28.7 Å². The van der Waals surface area contributed by atoms with E-state index in [4.69, 9.17) is 11.6 Å². The van der Waals surface area contributed by atoms with E-state index in [0.29, 0.717) is 10.6 Å². The van der Waals surface area contributed by atoms with Gasteiger partial charge in [0.15, 0.2) is 0 Å². The normalized spacial score (nSPS) is 22.7. The number of nitro groups is 2. The number of allylic oxidation sites excluding steroid dienone is 2. The van der Waals surface area contributed by atoms with Gasteiger partial charge in [0.2, 0.25) is 0 Å². The van der Waals surface area contributed by atoms with Crippen LogP contribution in [0.4, 0.5) is 17.1 Å². The van der Waals surface area contributed by atoms with Crippen LogP contribution in [0, 0.1) is 33.1 Å². The number of fused-ring (bicyclic) bond motifs is 3. The van der Waals surface area contributed by atoms with Crippen LogP contribution < -0.4 is 5.32 Å². The summed E-state index contributed by atoms with van der Waals surface area (Å²) in [6, 6.07) is 7.39. The third kappa shape index (κ3) is 2.84. The van der Waals surface area contributed by atoms with Crippen molar-refractivity contribution in [2.24, 2.45) is 5.92 Å². The van der Waals surface area contributed by atoms with E-state index in [-0.39, 0.29) is 34.2 Å². The SMILES string of the molecule is Cc1cc([N+](=O)[O-])cc2c1N[C@H](c1cc([N+](=O)[O-])ccc1Cl)[C@H]1CC=C[C@H]21. The largest absolute Gasteiger partial charge is 0.377 e. The molecule has 4 rings (SSSR count). The van der Waals surface area contributed by atoms with Crippen LogP contribution >= 0.6 is 11.6 Å². The zero-order valence-electron chi connectivity index (χ0n) is 14.4. The molecule has 0 saturated heterocycles. The Labute approximate surface area is 160 Å². The summed E-state index contributed by atoms with van der Waals surface area (Å²) >= 11 is 6.39. The Morgan fingerprint density at radius 1 is 1.07 bits per heavy atom. The number of nitrogens with one attached hydrogen (secondary N) is 1. The fourth-order valence-electron chi connectivity index (χ4n) is 4.16. The second kappa shape index (κ2) is 6.35. The van der Waals surface area contributed by atoms with E-state index in [1.54, 1.807) is 12.1 Å². The molecule has 0 fully saturated rings. The molecule has 0 unspecified atom stereocenters. The lowest BCUT2D eigenvalue weighted by molar-refractivity contribution is -0.385. The molecular weight excluding hydrogens is 370 g/mol. The first kappa shape index (κ1) is 17.5. The first-order valence-electron chi connectivity index (χ1n) is 8.53. The Balaban J connectivity index is 1.85. The number of anilines is 1. The van der Waals surface area contributed by atoms with Crippen LogP contribution in [0.1, 0.15) is 35.1 Å².